The number of carboxylic acid groups (broad SMARTS) is 1. The third-order valence-electron chi connectivity index (χ3n) is 7.62. The van der Waals surface area contributed by atoms with Crippen LogP contribution in [0.1, 0.15) is 73.2 Å². The van der Waals surface area contributed by atoms with E-state index in [4.69, 9.17) is 14.6 Å². The number of rotatable bonds is 15. The van der Waals surface area contributed by atoms with Gasteiger partial charge in [-0.05, 0) is 52.8 Å². The quantitative estimate of drug-likeness (QED) is 0.0924. The van der Waals surface area contributed by atoms with Gasteiger partial charge in [0.05, 0.1) is 18.8 Å². The summed E-state index contributed by atoms with van der Waals surface area (Å²) in [5.41, 5.74) is 5.79. The summed E-state index contributed by atoms with van der Waals surface area (Å²) in [6.07, 6.45) is 3.78. The molecule has 45 heavy (non-hydrogen) atoms. The minimum absolute atomic E-state index is 0.00939. The number of amides is 1. The number of carbonyl (C=O) groups excluding carboxylic acids is 1. The van der Waals surface area contributed by atoms with E-state index in [1.54, 1.807) is 11.8 Å². The molecule has 5 rings (SSSR count). The third kappa shape index (κ3) is 9.73. The van der Waals surface area contributed by atoms with E-state index in [0.29, 0.717) is 38.0 Å². The first-order chi connectivity index (χ1) is 22.0. The first-order valence-electron chi connectivity index (χ1n) is 15.1. The molecule has 0 saturated carbocycles. The van der Waals surface area contributed by atoms with Crippen molar-refractivity contribution in [3.8, 4) is 11.1 Å². The number of aromatic amines is 1. The number of nitrogens with zero attached hydrogens (tertiary/aromatic N) is 2. The number of nitrogens with one attached hydrogen (secondary N) is 2. The first kappa shape index (κ1) is 32.4. The van der Waals surface area contributed by atoms with E-state index in [-0.39, 0.29) is 31.1 Å². The molecule has 1 saturated heterocycles. The van der Waals surface area contributed by atoms with Crippen molar-refractivity contribution >= 4 is 23.6 Å². The lowest BCUT2D eigenvalue weighted by Gasteiger charge is -2.36. The molecule has 1 aliphatic rings. The summed E-state index contributed by atoms with van der Waals surface area (Å²) in [6, 6.07) is 24.0. The second kappa shape index (κ2) is 16.3. The summed E-state index contributed by atoms with van der Waals surface area (Å²) >= 11 is 1.56. The van der Waals surface area contributed by atoms with Crippen LogP contribution in [0.5, 0.6) is 0 Å². The van der Waals surface area contributed by atoms with E-state index in [1.807, 2.05) is 60.7 Å². The van der Waals surface area contributed by atoms with Gasteiger partial charge in [-0.1, -0.05) is 78.8 Å². The fourth-order valence-electron chi connectivity index (χ4n) is 5.21. The predicted octanol–water partition coefficient (Wildman–Crippen LogP) is 5.95. The molecule has 2 heterocycles. The van der Waals surface area contributed by atoms with Gasteiger partial charge in [0.1, 0.15) is 6.33 Å². The van der Waals surface area contributed by atoms with E-state index >= 15 is 0 Å². The third-order valence-corrected chi connectivity index (χ3v) is 8.63. The van der Waals surface area contributed by atoms with Crippen LogP contribution in [0.2, 0.25) is 0 Å². The standard InChI is InChI=1S/C34H38N4O6S/c39-20-23-12-14-25(15-13-23)30-18-29(21-45-34-36-22-37-38-34)43-33(44-30)28-9-5-8-27(17-28)26-7-4-6-24(16-26)19-35-31(40)10-2-1-3-11-32(41)42/h4-9,12-17,22,29-30,33,39H,1-3,10-11,18-21H2,(H,35,40)(H,41,42)(H,36,37,38)/t29-,30+,33+/m1/s1. The number of carboxylic acids is 1. The van der Waals surface area contributed by atoms with Gasteiger partial charge in [0.25, 0.3) is 0 Å². The second-order valence-corrected chi connectivity index (χ2v) is 12.0. The summed E-state index contributed by atoms with van der Waals surface area (Å²) in [6.45, 7) is 0.405. The topological polar surface area (TPSA) is 147 Å². The Morgan fingerprint density at radius 3 is 2.44 bits per heavy atom. The lowest BCUT2D eigenvalue weighted by Crippen LogP contribution is -2.31. The number of aliphatic hydroxyl groups is 1. The van der Waals surface area contributed by atoms with E-state index < -0.39 is 12.3 Å². The molecule has 1 aliphatic heterocycles. The Balaban J connectivity index is 1.25. The number of ether oxygens (including phenoxy) is 2. The number of H-pyrrole nitrogens is 1. The molecule has 1 amide bonds. The molecule has 4 aromatic rings. The highest BCUT2D eigenvalue weighted by Gasteiger charge is 2.32. The molecular weight excluding hydrogens is 592 g/mol. The molecule has 0 bridgehead atoms. The van der Waals surface area contributed by atoms with Gasteiger partial charge in [0.15, 0.2) is 11.4 Å². The van der Waals surface area contributed by atoms with Crippen molar-refractivity contribution in [1.82, 2.24) is 20.5 Å². The number of carbonyl (C=O) groups is 2. The number of aliphatic carboxylic acids is 1. The smallest absolute Gasteiger partial charge is 0.303 e. The molecule has 4 N–H and O–H groups in total. The largest absolute Gasteiger partial charge is 0.481 e. The number of thioether (sulfide) groups is 1. The van der Waals surface area contributed by atoms with Gasteiger partial charge in [0, 0.05) is 37.1 Å². The summed E-state index contributed by atoms with van der Waals surface area (Å²) in [5, 5.41) is 28.8. The van der Waals surface area contributed by atoms with Crippen LogP contribution in [-0.4, -0.2) is 49.1 Å². The molecule has 0 radical (unpaired) electrons. The fraction of sp³-hybridized carbons (Fsp3) is 0.353. The van der Waals surface area contributed by atoms with Crippen molar-refractivity contribution in [2.45, 2.75) is 75.3 Å². The zero-order valence-electron chi connectivity index (χ0n) is 24.9. The Bertz CT molecular complexity index is 1530. The van der Waals surface area contributed by atoms with Gasteiger partial charge in [-0.2, -0.15) is 5.10 Å². The molecule has 10 nitrogen and oxygen atoms in total. The van der Waals surface area contributed by atoms with Crippen molar-refractivity contribution in [3.05, 3.63) is 101 Å². The van der Waals surface area contributed by atoms with Crippen LogP contribution in [0, 0.1) is 0 Å². The summed E-state index contributed by atoms with van der Waals surface area (Å²) < 4.78 is 13.0. The normalized spacial score (nSPS) is 18.0. The van der Waals surface area contributed by atoms with Gasteiger partial charge in [0.2, 0.25) is 5.91 Å². The lowest BCUT2D eigenvalue weighted by molar-refractivity contribution is -0.245. The molecule has 0 aliphatic carbocycles. The van der Waals surface area contributed by atoms with Gasteiger partial charge in [-0.15, -0.1) is 0 Å². The Labute approximate surface area is 266 Å². The molecule has 0 unspecified atom stereocenters. The maximum atomic E-state index is 12.3. The Morgan fingerprint density at radius 2 is 1.69 bits per heavy atom. The average molecular weight is 631 g/mol. The van der Waals surface area contributed by atoms with Crippen LogP contribution in [0.3, 0.4) is 0 Å². The highest BCUT2D eigenvalue weighted by atomic mass is 32.2. The van der Waals surface area contributed by atoms with E-state index in [9.17, 15) is 14.7 Å². The Hall–Kier alpha value is -4.03. The van der Waals surface area contributed by atoms with Crippen LogP contribution in [0.15, 0.2) is 84.3 Å². The first-order valence-corrected chi connectivity index (χ1v) is 16.1. The number of hydrogen-bond acceptors (Lipinski definition) is 8. The number of unbranched alkanes of at least 4 members (excludes halogenated alkanes) is 2. The minimum Gasteiger partial charge on any atom is -0.481 e. The highest BCUT2D eigenvalue weighted by Crippen LogP contribution is 2.40. The van der Waals surface area contributed by atoms with Crippen molar-refractivity contribution in [2.24, 2.45) is 0 Å². The van der Waals surface area contributed by atoms with Crippen LogP contribution < -0.4 is 5.32 Å². The van der Waals surface area contributed by atoms with E-state index in [0.717, 1.165) is 45.0 Å². The molecule has 11 heteroatoms. The van der Waals surface area contributed by atoms with Crippen LogP contribution >= 0.6 is 11.8 Å². The molecule has 1 fully saturated rings. The minimum atomic E-state index is -0.805. The van der Waals surface area contributed by atoms with Crippen LogP contribution in [0.25, 0.3) is 11.1 Å². The molecule has 0 spiro atoms. The van der Waals surface area contributed by atoms with Gasteiger partial charge >= 0.3 is 5.97 Å². The SMILES string of the molecule is O=C(O)CCCCCC(=O)NCc1cccc(-c2cccc([C@H]3O[C@@H](CSc4ncn[nH]4)C[C@@H](c4ccc(CO)cc4)O3)c2)c1. The number of aromatic nitrogens is 3. The van der Waals surface area contributed by atoms with Crippen LogP contribution in [-0.2, 0) is 32.2 Å². The molecule has 1 aromatic heterocycles. The second-order valence-electron chi connectivity index (χ2n) is 11.0. The molecule has 3 atom stereocenters. The fourth-order valence-corrected chi connectivity index (χ4v) is 6.01. The molecule has 236 valence electrons. The van der Waals surface area contributed by atoms with Crippen molar-refractivity contribution in [1.29, 1.82) is 0 Å². The van der Waals surface area contributed by atoms with Gasteiger partial charge in [-0.3, -0.25) is 14.7 Å². The monoisotopic (exact) mass is 630 g/mol. The van der Waals surface area contributed by atoms with Crippen molar-refractivity contribution in [2.75, 3.05) is 5.75 Å². The number of benzene rings is 3. The maximum Gasteiger partial charge on any atom is 0.303 e. The summed E-state index contributed by atoms with van der Waals surface area (Å²) in [5.74, 6) is -0.169. The van der Waals surface area contributed by atoms with Crippen molar-refractivity contribution < 1.29 is 29.3 Å². The van der Waals surface area contributed by atoms with Crippen molar-refractivity contribution in [3.63, 3.8) is 0 Å². The van der Waals surface area contributed by atoms with E-state index in [2.05, 4.69) is 32.6 Å². The lowest BCUT2D eigenvalue weighted by atomic mass is 9.99. The number of hydrogen-bond donors (Lipinski definition) is 4. The van der Waals surface area contributed by atoms with Gasteiger partial charge < -0.3 is 25.0 Å². The highest BCUT2D eigenvalue weighted by molar-refractivity contribution is 7.99. The van der Waals surface area contributed by atoms with Gasteiger partial charge in [-0.25, -0.2) is 4.98 Å². The predicted molar refractivity (Wildman–Crippen MR) is 170 cm³/mol. The molecule has 3 aromatic carbocycles. The zero-order valence-corrected chi connectivity index (χ0v) is 25.7. The molecular formula is C34H38N4O6S. The zero-order chi connectivity index (χ0) is 31.4. The van der Waals surface area contributed by atoms with E-state index in [1.165, 1.54) is 6.33 Å². The van der Waals surface area contributed by atoms with Crippen LogP contribution in [0.4, 0.5) is 0 Å². The summed E-state index contributed by atoms with van der Waals surface area (Å²) in [4.78, 5) is 27.2. The maximum absolute atomic E-state index is 12.3. The Kier molecular flexibility index (Phi) is 11.7. The average Bonchev–Trinajstić information content (AvgIpc) is 3.60. The Morgan fingerprint density at radius 1 is 0.911 bits per heavy atom. The summed E-state index contributed by atoms with van der Waals surface area (Å²) in [7, 11) is 0. The number of aliphatic hydroxyl groups excluding tert-OH is 1.